The minimum atomic E-state index is -1.67. The Morgan fingerprint density at radius 1 is 1.23 bits per heavy atom. The Hall–Kier alpha value is 0.137. The molecule has 0 aliphatic heterocycles. The molecule has 0 heterocycles. The average Bonchev–Trinajstić information content (AvgIpc) is 2.74. The van der Waals surface area contributed by atoms with Gasteiger partial charge in [-0.3, -0.25) is 0 Å². The average molecular weight is 326 g/mol. The minimum Gasteiger partial charge on any atom is -0.414 e. The highest BCUT2D eigenvalue weighted by atomic mass is 28.4. The SMILES string of the molecule is CC(CN)[C@H]1CC[C@H]2[C@@H](O[Si](C)(C)C(C)(C)C)CCC[C@]12C. The highest BCUT2D eigenvalue weighted by Gasteiger charge is 2.54. The molecule has 2 fully saturated rings. The molecule has 3 heteroatoms. The van der Waals surface area contributed by atoms with Gasteiger partial charge in [0.1, 0.15) is 0 Å². The third kappa shape index (κ3) is 3.18. The molecule has 0 amide bonds. The maximum absolute atomic E-state index is 6.89. The number of nitrogens with two attached hydrogens (primary N) is 1. The van der Waals surface area contributed by atoms with E-state index in [2.05, 4.69) is 47.7 Å². The van der Waals surface area contributed by atoms with Gasteiger partial charge >= 0.3 is 0 Å². The Bertz CT molecular complexity index is 389. The van der Waals surface area contributed by atoms with E-state index < -0.39 is 8.32 Å². The molecule has 0 spiro atoms. The third-order valence-electron chi connectivity index (χ3n) is 7.45. The second-order valence-corrected chi connectivity index (χ2v) is 14.6. The lowest BCUT2D eigenvalue weighted by Gasteiger charge is -2.49. The first kappa shape index (κ1) is 18.5. The Morgan fingerprint density at radius 2 is 1.86 bits per heavy atom. The van der Waals surface area contributed by atoms with Crippen molar-refractivity contribution in [3.8, 4) is 0 Å². The fourth-order valence-electron chi connectivity index (χ4n) is 4.96. The summed E-state index contributed by atoms with van der Waals surface area (Å²) in [5, 5.41) is 0.309. The second kappa shape index (κ2) is 6.21. The van der Waals surface area contributed by atoms with E-state index in [1.165, 1.54) is 32.1 Å². The number of hydrogen-bond acceptors (Lipinski definition) is 2. The van der Waals surface area contributed by atoms with Gasteiger partial charge in [-0.05, 0) is 73.5 Å². The molecule has 0 bridgehead atoms. The van der Waals surface area contributed by atoms with Gasteiger partial charge in [0.2, 0.25) is 0 Å². The lowest BCUT2D eigenvalue weighted by atomic mass is 9.62. The topological polar surface area (TPSA) is 35.2 Å². The molecule has 1 unspecified atom stereocenters. The molecule has 0 saturated heterocycles. The van der Waals surface area contributed by atoms with Crippen molar-refractivity contribution in [3.63, 3.8) is 0 Å². The quantitative estimate of drug-likeness (QED) is 0.722. The van der Waals surface area contributed by atoms with Crippen LogP contribution in [-0.4, -0.2) is 21.0 Å². The summed E-state index contributed by atoms with van der Waals surface area (Å²) in [5.74, 6) is 2.21. The first-order valence-electron chi connectivity index (χ1n) is 9.41. The van der Waals surface area contributed by atoms with Crippen molar-refractivity contribution in [3.05, 3.63) is 0 Å². The molecular weight excluding hydrogens is 286 g/mol. The van der Waals surface area contributed by atoms with Gasteiger partial charge < -0.3 is 10.2 Å². The van der Waals surface area contributed by atoms with E-state index in [4.69, 9.17) is 10.2 Å². The lowest BCUT2D eigenvalue weighted by molar-refractivity contribution is -0.0194. The zero-order chi connectivity index (χ0) is 16.8. The highest BCUT2D eigenvalue weighted by molar-refractivity contribution is 6.74. The summed E-state index contributed by atoms with van der Waals surface area (Å²) < 4.78 is 6.89. The molecular formula is C19H39NOSi. The van der Waals surface area contributed by atoms with E-state index in [0.29, 0.717) is 22.5 Å². The molecule has 2 nitrogen and oxygen atoms in total. The summed E-state index contributed by atoms with van der Waals surface area (Å²) in [5.41, 5.74) is 6.46. The van der Waals surface area contributed by atoms with Crippen LogP contribution in [0.4, 0.5) is 0 Å². The van der Waals surface area contributed by atoms with Crippen LogP contribution < -0.4 is 5.73 Å². The van der Waals surface area contributed by atoms with Crippen molar-refractivity contribution in [2.45, 2.75) is 91.0 Å². The number of fused-ring (bicyclic) bond motifs is 1. The molecule has 0 radical (unpaired) electrons. The summed E-state index contributed by atoms with van der Waals surface area (Å²) >= 11 is 0. The Kier molecular flexibility index (Phi) is 5.22. The molecule has 2 rings (SSSR count). The molecule has 5 atom stereocenters. The molecule has 130 valence electrons. The predicted octanol–water partition coefficient (Wildman–Crippen LogP) is 5.19. The third-order valence-corrected chi connectivity index (χ3v) is 12.0. The minimum absolute atomic E-state index is 0.309. The van der Waals surface area contributed by atoms with Gasteiger partial charge in [0.05, 0.1) is 0 Å². The van der Waals surface area contributed by atoms with Crippen LogP contribution in [0.25, 0.3) is 0 Å². The molecule has 2 aliphatic carbocycles. The van der Waals surface area contributed by atoms with Gasteiger partial charge in [-0.25, -0.2) is 0 Å². The van der Waals surface area contributed by atoms with Crippen LogP contribution in [0.1, 0.15) is 66.7 Å². The highest BCUT2D eigenvalue weighted by Crippen LogP contribution is 2.58. The largest absolute Gasteiger partial charge is 0.414 e. The van der Waals surface area contributed by atoms with Gasteiger partial charge in [0.15, 0.2) is 8.32 Å². The summed E-state index contributed by atoms with van der Waals surface area (Å²) in [6, 6.07) is 0. The van der Waals surface area contributed by atoms with E-state index in [1.807, 2.05) is 0 Å². The first-order chi connectivity index (χ1) is 10.0. The van der Waals surface area contributed by atoms with Crippen molar-refractivity contribution in [2.24, 2.45) is 28.9 Å². The molecule has 2 N–H and O–H groups in total. The van der Waals surface area contributed by atoms with Gasteiger partial charge in [-0.2, -0.15) is 0 Å². The molecule has 2 saturated carbocycles. The zero-order valence-corrected chi connectivity index (χ0v) is 17.0. The van der Waals surface area contributed by atoms with Crippen LogP contribution >= 0.6 is 0 Å². The van der Waals surface area contributed by atoms with Gasteiger partial charge in [-0.15, -0.1) is 0 Å². The molecule has 22 heavy (non-hydrogen) atoms. The maximum atomic E-state index is 6.89. The van der Waals surface area contributed by atoms with Crippen molar-refractivity contribution in [1.29, 1.82) is 0 Å². The van der Waals surface area contributed by atoms with Crippen molar-refractivity contribution in [2.75, 3.05) is 6.54 Å². The summed E-state index contributed by atoms with van der Waals surface area (Å²) in [7, 11) is -1.67. The van der Waals surface area contributed by atoms with Gasteiger partial charge in [0.25, 0.3) is 0 Å². The molecule has 0 aromatic carbocycles. The van der Waals surface area contributed by atoms with Crippen molar-refractivity contribution < 1.29 is 4.43 Å². The monoisotopic (exact) mass is 325 g/mol. The number of hydrogen-bond donors (Lipinski definition) is 1. The zero-order valence-electron chi connectivity index (χ0n) is 16.0. The standard InChI is InChI=1S/C19H39NOSi/c1-14(13-20)15-10-11-16-17(9-8-12-19(15,16)5)21-22(6,7)18(2,3)4/h14-17H,8-13,20H2,1-7H3/t14?,15-,16+,17+,19-/m1/s1. The Morgan fingerprint density at radius 3 is 2.41 bits per heavy atom. The van der Waals surface area contributed by atoms with E-state index >= 15 is 0 Å². The normalized spacial score (nSPS) is 37.9. The van der Waals surface area contributed by atoms with Gasteiger partial charge in [0, 0.05) is 6.10 Å². The fraction of sp³-hybridized carbons (Fsp3) is 1.00. The molecule has 2 aliphatic rings. The first-order valence-corrected chi connectivity index (χ1v) is 12.3. The smallest absolute Gasteiger partial charge is 0.192 e. The lowest BCUT2D eigenvalue weighted by Crippen LogP contribution is -2.50. The van der Waals surface area contributed by atoms with Crippen molar-refractivity contribution in [1.82, 2.24) is 0 Å². The van der Waals surface area contributed by atoms with Crippen molar-refractivity contribution >= 4 is 8.32 Å². The fourth-order valence-corrected chi connectivity index (χ4v) is 6.35. The number of rotatable bonds is 4. The summed E-state index contributed by atoms with van der Waals surface area (Å²) in [6.07, 6.45) is 7.19. The maximum Gasteiger partial charge on any atom is 0.192 e. The summed E-state index contributed by atoms with van der Waals surface area (Å²) in [4.78, 5) is 0. The van der Waals surface area contributed by atoms with E-state index in [9.17, 15) is 0 Å². The van der Waals surface area contributed by atoms with E-state index in [0.717, 1.165) is 18.4 Å². The Labute approximate surface area is 139 Å². The molecule has 0 aromatic heterocycles. The molecule has 0 aromatic rings. The second-order valence-electron chi connectivity index (χ2n) is 9.82. The predicted molar refractivity (Wildman–Crippen MR) is 98.5 cm³/mol. The Balaban J connectivity index is 2.17. The van der Waals surface area contributed by atoms with Crippen LogP contribution in [0.2, 0.25) is 18.1 Å². The van der Waals surface area contributed by atoms with Crippen LogP contribution in [0.5, 0.6) is 0 Å². The van der Waals surface area contributed by atoms with Gasteiger partial charge in [-0.1, -0.05) is 41.0 Å². The van der Waals surface area contributed by atoms with E-state index in [-0.39, 0.29) is 0 Å². The van der Waals surface area contributed by atoms with E-state index in [1.54, 1.807) is 0 Å². The van der Waals surface area contributed by atoms with Crippen LogP contribution in [0.15, 0.2) is 0 Å². The van der Waals surface area contributed by atoms with Crippen LogP contribution in [0.3, 0.4) is 0 Å². The van der Waals surface area contributed by atoms with Crippen LogP contribution in [0, 0.1) is 23.2 Å². The van der Waals surface area contributed by atoms with Crippen LogP contribution in [-0.2, 0) is 4.43 Å². The summed E-state index contributed by atoms with van der Waals surface area (Å²) in [6.45, 7) is 17.6.